The summed E-state index contributed by atoms with van der Waals surface area (Å²) in [7, 11) is 0. The Labute approximate surface area is 119 Å². The molecule has 4 nitrogen and oxygen atoms in total. The van der Waals surface area contributed by atoms with Gasteiger partial charge in [-0.3, -0.25) is 5.01 Å². The fraction of sp³-hybridized carbons (Fsp3) is 0.333. The van der Waals surface area contributed by atoms with Crippen molar-refractivity contribution in [2.75, 3.05) is 11.6 Å². The number of aliphatic hydroxyl groups is 1. The summed E-state index contributed by atoms with van der Waals surface area (Å²) >= 11 is 5.51. The number of nitrogens with two attached hydrogens (primary N) is 2. The molecule has 0 radical (unpaired) electrons. The summed E-state index contributed by atoms with van der Waals surface area (Å²) in [5.41, 5.74) is 5.13. The average molecular weight is 310 g/mol. The summed E-state index contributed by atoms with van der Waals surface area (Å²) in [6.07, 6.45) is -2.41. The molecule has 8 heteroatoms. The molecule has 0 atom stereocenters. The number of anilines is 1. The van der Waals surface area contributed by atoms with Crippen LogP contribution in [0.5, 0.6) is 0 Å². The number of halogens is 4. The van der Waals surface area contributed by atoms with E-state index in [1.165, 1.54) is 12.3 Å². The highest BCUT2D eigenvalue weighted by Gasteiger charge is 2.33. The molecule has 1 aromatic rings. The van der Waals surface area contributed by atoms with Crippen molar-refractivity contribution in [2.24, 2.45) is 11.6 Å². The van der Waals surface area contributed by atoms with Crippen molar-refractivity contribution < 1.29 is 18.3 Å². The van der Waals surface area contributed by atoms with Gasteiger partial charge in [0.25, 0.3) is 0 Å². The molecule has 0 aromatic heterocycles. The highest BCUT2D eigenvalue weighted by Crippen LogP contribution is 2.36. The average Bonchev–Trinajstić information content (AvgIpc) is 2.35. The molecule has 0 unspecified atom stereocenters. The summed E-state index contributed by atoms with van der Waals surface area (Å²) in [4.78, 5) is 0. The van der Waals surface area contributed by atoms with Crippen molar-refractivity contribution in [3.05, 3.63) is 40.7 Å². The van der Waals surface area contributed by atoms with Gasteiger partial charge in [-0.2, -0.15) is 13.2 Å². The zero-order valence-corrected chi connectivity index (χ0v) is 11.2. The smallest absolute Gasteiger partial charge is 0.401 e. The molecule has 5 N–H and O–H groups in total. The number of alkyl halides is 3. The van der Waals surface area contributed by atoms with Crippen LogP contribution in [0.25, 0.3) is 0 Å². The molecular weight excluding hydrogens is 295 g/mol. The van der Waals surface area contributed by atoms with Gasteiger partial charge in [0, 0.05) is 18.5 Å². The molecule has 0 aliphatic carbocycles. The standard InChI is InChI=1S/C12H15ClF3N3O/c13-11-4-3-9(6-10(11)12(14,15)16)19(18)7-8(17)2-1-5-20/h3-4,6-7,20H,1-2,5,17-18H2/b8-7-. The van der Waals surface area contributed by atoms with Gasteiger partial charge in [-0.1, -0.05) is 11.6 Å². The van der Waals surface area contributed by atoms with Gasteiger partial charge < -0.3 is 10.8 Å². The number of rotatable bonds is 5. The molecule has 0 aliphatic rings. The second kappa shape index (κ2) is 6.83. The van der Waals surface area contributed by atoms with Gasteiger partial charge in [-0.05, 0) is 31.0 Å². The second-order valence-corrected chi connectivity index (χ2v) is 4.51. The van der Waals surface area contributed by atoms with Crippen molar-refractivity contribution in [3.63, 3.8) is 0 Å². The third-order valence-electron chi connectivity index (χ3n) is 2.48. The Balaban J connectivity index is 2.97. The maximum absolute atomic E-state index is 12.7. The van der Waals surface area contributed by atoms with Gasteiger partial charge in [0.15, 0.2) is 0 Å². The van der Waals surface area contributed by atoms with E-state index in [1.807, 2.05) is 0 Å². The summed E-state index contributed by atoms with van der Waals surface area (Å²) in [6.45, 7) is -0.0295. The van der Waals surface area contributed by atoms with Gasteiger partial charge in [0.1, 0.15) is 0 Å². The van der Waals surface area contributed by atoms with Gasteiger partial charge >= 0.3 is 6.18 Å². The minimum atomic E-state index is -4.56. The van der Waals surface area contributed by atoms with E-state index in [2.05, 4.69) is 0 Å². The minimum Gasteiger partial charge on any atom is -0.401 e. The van der Waals surface area contributed by atoms with E-state index >= 15 is 0 Å². The summed E-state index contributed by atoms with van der Waals surface area (Å²) in [5, 5.41) is 9.24. The van der Waals surface area contributed by atoms with Crippen molar-refractivity contribution in [3.8, 4) is 0 Å². The Morgan fingerprint density at radius 1 is 1.40 bits per heavy atom. The Bertz CT molecular complexity index is 491. The molecule has 0 saturated heterocycles. The lowest BCUT2D eigenvalue weighted by Gasteiger charge is -2.17. The number of benzene rings is 1. The Hall–Kier alpha value is -1.44. The molecule has 0 saturated carbocycles. The largest absolute Gasteiger partial charge is 0.417 e. The zero-order chi connectivity index (χ0) is 15.3. The molecular formula is C12H15ClF3N3O. The maximum atomic E-state index is 12.7. The first-order chi connectivity index (χ1) is 9.25. The normalized spacial score (nSPS) is 12.6. The maximum Gasteiger partial charge on any atom is 0.417 e. The van der Waals surface area contributed by atoms with E-state index in [1.54, 1.807) is 0 Å². The second-order valence-electron chi connectivity index (χ2n) is 4.10. The first-order valence-electron chi connectivity index (χ1n) is 5.73. The van der Waals surface area contributed by atoms with Gasteiger partial charge in [0.05, 0.1) is 16.3 Å². The van der Waals surface area contributed by atoms with E-state index in [-0.39, 0.29) is 12.3 Å². The number of nitrogens with zero attached hydrogens (tertiary/aromatic N) is 1. The van der Waals surface area contributed by atoms with Crippen LogP contribution < -0.4 is 16.6 Å². The van der Waals surface area contributed by atoms with Crippen molar-refractivity contribution in [1.29, 1.82) is 0 Å². The van der Waals surface area contributed by atoms with Crippen LogP contribution in [0, 0.1) is 0 Å². The minimum absolute atomic E-state index is 0.0295. The molecule has 0 amide bonds. The number of hydrazine groups is 1. The summed E-state index contributed by atoms with van der Waals surface area (Å²) in [6, 6.07) is 3.32. The third-order valence-corrected chi connectivity index (χ3v) is 2.81. The first kappa shape index (κ1) is 16.6. The van der Waals surface area contributed by atoms with E-state index in [0.29, 0.717) is 18.5 Å². The predicted octanol–water partition coefficient (Wildman–Crippen LogP) is 2.61. The zero-order valence-electron chi connectivity index (χ0n) is 10.5. The topological polar surface area (TPSA) is 75.5 Å². The van der Waals surface area contributed by atoms with Crippen molar-refractivity contribution in [1.82, 2.24) is 0 Å². The van der Waals surface area contributed by atoms with Crippen LogP contribution in [-0.2, 0) is 6.18 Å². The lowest BCUT2D eigenvalue weighted by molar-refractivity contribution is -0.137. The Morgan fingerprint density at radius 2 is 2.05 bits per heavy atom. The lowest BCUT2D eigenvalue weighted by Crippen LogP contribution is -2.26. The fourth-order valence-electron chi connectivity index (χ4n) is 1.49. The number of aliphatic hydroxyl groups excluding tert-OH is 1. The Kier molecular flexibility index (Phi) is 5.67. The van der Waals surface area contributed by atoms with E-state index < -0.39 is 16.8 Å². The number of allylic oxidation sites excluding steroid dienone is 1. The van der Waals surface area contributed by atoms with Crippen LogP contribution in [-0.4, -0.2) is 11.7 Å². The summed E-state index contributed by atoms with van der Waals surface area (Å²) < 4.78 is 38.1. The molecule has 1 aromatic carbocycles. The fourth-order valence-corrected chi connectivity index (χ4v) is 1.72. The van der Waals surface area contributed by atoms with E-state index in [4.69, 9.17) is 28.3 Å². The van der Waals surface area contributed by atoms with Crippen LogP contribution in [0.4, 0.5) is 18.9 Å². The molecule has 0 bridgehead atoms. The molecule has 0 heterocycles. The van der Waals surface area contributed by atoms with E-state index in [0.717, 1.165) is 17.1 Å². The monoisotopic (exact) mass is 309 g/mol. The van der Waals surface area contributed by atoms with E-state index in [9.17, 15) is 13.2 Å². The third kappa shape index (κ3) is 4.59. The SMILES string of the molecule is N/C(=C\N(N)c1ccc(Cl)c(C(F)(F)F)c1)CCCO. The van der Waals surface area contributed by atoms with Crippen LogP contribution in [0.15, 0.2) is 30.1 Å². The highest BCUT2D eigenvalue weighted by molar-refractivity contribution is 6.31. The van der Waals surface area contributed by atoms with Gasteiger partial charge in [-0.15, -0.1) is 0 Å². The molecule has 0 spiro atoms. The van der Waals surface area contributed by atoms with Crippen LogP contribution in [0.1, 0.15) is 18.4 Å². The number of hydrogen-bond donors (Lipinski definition) is 3. The molecule has 112 valence electrons. The lowest BCUT2D eigenvalue weighted by atomic mass is 10.2. The van der Waals surface area contributed by atoms with Crippen LogP contribution >= 0.6 is 11.6 Å². The highest BCUT2D eigenvalue weighted by atomic mass is 35.5. The quantitative estimate of drug-likeness (QED) is 0.577. The van der Waals surface area contributed by atoms with Gasteiger partial charge in [0.2, 0.25) is 0 Å². The first-order valence-corrected chi connectivity index (χ1v) is 6.11. The van der Waals surface area contributed by atoms with Crippen LogP contribution in [0.2, 0.25) is 5.02 Å². The molecule has 1 rings (SSSR count). The number of hydrogen-bond acceptors (Lipinski definition) is 4. The summed E-state index contributed by atoms with van der Waals surface area (Å²) in [5.74, 6) is 5.63. The predicted molar refractivity (Wildman–Crippen MR) is 71.7 cm³/mol. The Morgan fingerprint density at radius 3 is 2.60 bits per heavy atom. The van der Waals surface area contributed by atoms with Crippen molar-refractivity contribution in [2.45, 2.75) is 19.0 Å². The van der Waals surface area contributed by atoms with Gasteiger partial charge in [-0.25, -0.2) is 5.84 Å². The molecule has 0 aliphatic heterocycles. The molecule has 0 fully saturated rings. The molecule has 20 heavy (non-hydrogen) atoms. The van der Waals surface area contributed by atoms with Crippen LogP contribution in [0.3, 0.4) is 0 Å². The van der Waals surface area contributed by atoms with Crippen molar-refractivity contribution >= 4 is 17.3 Å².